The van der Waals surface area contributed by atoms with Gasteiger partial charge >= 0.3 is 6.30 Å². The predicted octanol–water partition coefficient (Wildman–Crippen LogP) is 3.06. The molecule has 2 aromatic heterocycles. The first-order valence-electron chi connectivity index (χ1n) is 4.86. The summed E-state index contributed by atoms with van der Waals surface area (Å²) in [7, 11) is 0. The molecule has 1 aromatic carbocycles. The fraction of sp³-hybridized carbons (Fsp3) is 0.0909. The first kappa shape index (κ1) is 10.1. The number of rotatable bonds is 0. The van der Waals surface area contributed by atoms with Crippen LogP contribution in [0.15, 0.2) is 36.7 Å². The highest BCUT2D eigenvalue weighted by molar-refractivity contribution is 6.02. The lowest BCUT2D eigenvalue weighted by atomic mass is 10.2. The molecule has 0 bridgehead atoms. The standard InChI is InChI=1S/C11H6F3N3/c12-11(13,14)17-6-7-5-15-9-4-2-1-3-8(9)10(7)16-17/h1-6H. The van der Waals surface area contributed by atoms with Gasteiger partial charge in [0.25, 0.3) is 0 Å². The maximum atomic E-state index is 12.5. The van der Waals surface area contributed by atoms with Crippen LogP contribution in [-0.4, -0.2) is 14.8 Å². The zero-order chi connectivity index (χ0) is 12.0. The SMILES string of the molecule is FC(F)(F)n1cc2cnc3ccccc3c2n1. The van der Waals surface area contributed by atoms with Crippen LogP contribution in [0.5, 0.6) is 0 Å². The average molecular weight is 237 g/mol. The highest BCUT2D eigenvalue weighted by atomic mass is 19.4. The molecular formula is C11H6F3N3. The molecule has 0 radical (unpaired) electrons. The summed E-state index contributed by atoms with van der Waals surface area (Å²) in [5.41, 5.74) is 0.945. The quantitative estimate of drug-likeness (QED) is 0.601. The third-order valence-electron chi connectivity index (χ3n) is 2.50. The molecule has 17 heavy (non-hydrogen) atoms. The molecule has 3 rings (SSSR count). The molecule has 0 N–H and O–H groups in total. The Balaban J connectivity index is 2.39. The van der Waals surface area contributed by atoms with Gasteiger partial charge in [0, 0.05) is 23.2 Å². The smallest absolute Gasteiger partial charge is 0.255 e. The van der Waals surface area contributed by atoms with E-state index in [4.69, 9.17) is 0 Å². The number of benzene rings is 1. The van der Waals surface area contributed by atoms with Gasteiger partial charge in [-0.2, -0.15) is 9.78 Å². The fourth-order valence-electron chi connectivity index (χ4n) is 1.75. The maximum Gasteiger partial charge on any atom is 0.504 e. The molecule has 0 unspecified atom stereocenters. The van der Waals surface area contributed by atoms with Crippen molar-refractivity contribution in [2.75, 3.05) is 0 Å². The van der Waals surface area contributed by atoms with Gasteiger partial charge in [-0.15, -0.1) is 13.2 Å². The largest absolute Gasteiger partial charge is 0.504 e. The lowest BCUT2D eigenvalue weighted by Gasteiger charge is -2.03. The van der Waals surface area contributed by atoms with Crippen LogP contribution in [0.1, 0.15) is 0 Å². The van der Waals surface area contributed by atoms with Crippen LogP contribution in [0.3, 0.4) is 0 Å². The molecule has 0 aliphatic heterocycles. The van der Waals surface area contributed by atoms with E-state index in [0.717, 1.165) is 6.20 Å². The van der Waals surface area contributed by atoms with Gasteiger partial charge in [-0.1, -0.05) is 18.2 Å². The third-order valence-corrected chi connectivity index (χ3v) is 2.50. The van der Waals surface area contributed by atoms with Crippen molar-refractivity contribution in [3.8, 4) is 0 Å². The lowest BCUT2D eigenvalue weighted by molar-refractivity contribution is -0.211. The van der Waals surface area contributed by atoms with Crippen LogP contribution >= 0.6 is 0 Å². The lowest BCUT2D eigenvalue weighted by Crippen LogP contribution is -2.16. The first-order chi connectivity index (χ1) is 8.05. The van der Waals surface area contributed by atoms with Gasteiger partial charge in [-0.05, 0) is 6.07 Å². The molecule has 3 aromatic rings. The molecule has 0 saturated heterocycles. The summed E-state index contributed by atoms with van der Waals surface area (Å²) in [4.78, 5) is 4.08. The van der Waals surface area contributed by atoms with Crippen LogP contribution in [-0.2, 0) is 6.30 Å². The van der Waals surface area contributed by atoms with Crippen LogP contribution in [0.4, 0.5) is 13.2 Å². The topological polar surface area (TPSA) is 30.7 Å². The number of hydrogen-bond donors (Lipinski definition) is 0. The number of aromatic nitrogens is 3. The number of hydrogen-bond acceptors (Lipinski definition) is 2. The van der Waals surface area contributed by atoms with Crippen molar-refractivity contribution in [2.45, 2.75) is 6.30 Å². The highest BCUT2D eigenvalue weighted by Gasteiger charge is 2.32. The third kappa shape index (κ3) is 1.52. The molecule has 6 heteroatoms. The Kier molecular flexibility index (Phi) is 1.89. The second-order valence-corrected chi connectivity index (χ2v) is 3.62. The average Bonchev–Trinajstić information content (AvgIpc) is 2.72. The highest BCUT2D eigenvalue weighted by Crippen LogP contribution is 2.27. The number of alkyl halides is 3. The Hall–Kier alpha value is -2.11. The summed E-state index contributed by atoms with van der Waals surface area (Å²) in [5.74, 6) is 0. The van der Waals surface area contributed by atoms with Crippen molar-refractivity contribution in [3.05, 3.63) is 36.7 Å². The number of pyridine rings is 1. The van der Waals surface area contributed by atoms with Gasteiger partial charge in [0.05, 0.1) is 5.52 Å². The van der Waals surface area contributed by atoms with Gasteiger partial charge in [0.2, 0.25) is 0 Å². The normalized spacial score (nSPS) is 12.4. The second kappa shape index (κ2) is 3.19. The molecule has 0 atom stereocenters. The number of para-hydroxylation sites is 1. The number of fused-ring (bicyclic) bond motifs is 3. The van der Waals surface area contributed by atoms with E-state index in [0.29, 0.717) is 21.8 Å². The summed E-state index contributed by atoms with van der Waals surface area (Å²) < 4.78 is 37.5. The molecule has 0 fully saturated rings. The molecule has 86 valence electrons. The molecular weight excluding hydrogens is 231 g/mol. The molecule has 0 aliphatic carbocycles. The van der Waals surface area contributed by atoms with E-state index in [-0.39, 0.29) is 4.68 Å². The van der Waals surface area contributed by atoms with Crippen molar-refractivity contribution in [1.82, 2.24) is 14.8 Å². The van der Waals surface area contributed by atoms with E-state index in [1.165, 1.54) is 6.20 Å². The van der Waals surface area contributed by atoms with Crippen molar-refractivity contribution in [3.63, 3.8) is 0 Å². The summed E-state index contributed by atoms with van der Waals surface area (Å²) in [6.07, 6.45) is -2.16. The minimum absolute atomic E-state index is 0.00574. The molecule has 3 nitrogen and oxygen atoms in total. The van der Waals surface area contributed by atoms with Crippen LogP contribution in [0, 0.1) is 0 Å². The Morgan fingerprint density at radius 3 is 2.65 bits per heavy atom. The molecule has 0 spiro atoms. The summed E-state index contributed by atoms with van der Waals surface area (Å²) >= 11 is 0. The van der Waals surface area contributed by atoms with E-state index in [1.54, 1.807) is 24.3 Å². The van der Waals surface area contributed by atoms with E-state index >= 15 is 0 Å². The van der Waals surface area contributed by atoms with Gasteiger partial charge in [0.15, 0.2) is 0 Å². The van der Waals surface area contributed by atoms with Crippen LogP contribution in [0.25, 0.3) is 21.8 Å². The number of nitrogens with zero attached hydrogens (tertiary/aromatic N) is 3. The first-order valence-corrected chi connectivity index (χ1v) is 4.86. The zero-order valence-electron chi connectivity index (χ0n) is 8.44. The van der Waals surface area contributed by atoms with E-state index in [2.05, 4.69) is 10.1 Å². The Morgan fingerprint density at radius 1 is 1.12 bits per heavy atom. The molecule has 0 aliphatic rings. The van der Waals surface area contributed by atoms with Gasteiger partial charge in [0.1, 0.15) is 5.52 Å². The second-order valence-electron chi connectivity index (χ2n) is 3.62. The molecule has 2 heterocycles. The predicted molar refractivity (Wildman–Crippen MR) is 56.3 cm³/mol. The minimum atomic E-state index is -4.50. The Bertz CT molecular complexity index is 700. The van der Waals surface area contributed by atoms with Crippen LogP contribution < -0.4 is 0 Å². The van der Waals surface area contributed by atoms with Crippen LogP contribution in [0.2, 0.25) is 0 Å². The Morgan fingerprint density at radius 2 is 1.88 bits per heavy atom. The minimum Gasteiger partial charge on any atom is -0.255 e. The summed E-state index contributed by atoms with van der Waals surface area (Å²) in [6, 6.07) is 6.97. The summed E-state index contributed by atoms with van der Waals surface area (Å²) in [6.45, 7) is 0. The summed E-state index contributed by atoms with van der Waals surface area (Å²) in [5, 5.41) is 4.56. The maximum absolute atomic E-state index is 12.5. The fourth-order valence-corrected chi connectivity index (χ4v) is 1.75. The van der Waals surface area contributed by atoms with E-state index in [1.807, 2.05) is 0 Å². The number of halogens is 3. The van der Waals surface area contributed by atoms with Gasteiger partial charge < -0.3 is 0 Å². The van der Waals surface area contributed by atoms with E-state index in [9.17, 15) is 13.2 Å². The Labute approximate surface area is 93.5 Å². The van der Waals surface area contributed by atoms with Crippen molar-refractivity contribution in [1.29, 1.82) is 0 Å². The van der Waals surface area contributed by atoms with Gasteiger partial charge in [-0.3, -0.25) is 4.98 Å². The van der Waals surface area contributed by atoms with E-state index < -0.39 is 6.30 Å². The molecule has 0 amide bonds. The van der Waals surface area contributed by atoms with Crippen molar-refractivity contribution in [2.24, 2.45) is 0 Å². The molecule has 0 saturated carbocycles. The zero-order valence-corrected chi connectivity index (χ0v) is 8.44. The monoisotopic (exact) mass is 237 g/mol. The van der Waals surface area contributed by atoms with Crippen molar-refractivity contribution < 1.29 is 13.2 Å². The van der Waals surface area contributed by atoms with Crippen molar-refractivity contribution >= 4 is 21.8 Å². The van der Waals surface area contributed by atoms with Gasteiger partial charge in [-0.25, -0.2) is 0 Å².